The Kier molecular flexibility index (Phi) is 6.64. The van der Waals surface area contributed by atoms with Gasteiger partial charge >= 0.3 is 0 Å². The van der Waals surface area contributed by atoms with Gasteiger partial charge in [0.25, 0.3) is 0 Å². The van der Waals surface area contributed by atoms with Crippen LogP contribution in [0.4, 0.5) is 0 Å². The van der Waals surface area contributed by atoms with E-state index in [2.05, 4.69) is 126 Å². The molecule has 0 fully saturated rings. The van der Waals surface area contributed by atoms with Crippen LogP contribution >= 0.6 is 11.3 Å². The Hall–Kier alpha value is -6.43. The first-order chi connectivity index (χ1) is 24.8. The van der Waals surface area contributed by atoms with Crippen molar-refractivity contribution < 1.29 is 0 Å². The minimum Gasteiger partial charge on any atom is -0.308 e. The number of hydrogen-bond donors (Lipinski definition) is 0. The van der Waals surface area contributed by atoms with Gasteiger partial charge in [-0.25, -0.2) is 4.98 Å². The second-order valence-corrected chi connectivity index (χ2v) is 13.5. The van der Waals surface area contributed by atoms with Crippen LogP contribution in [-0.2, 0) is 0 Å². The minimum absolute atomic E-state index is 0.802. The third kappa shape index (κ3) is 4.71. The maximum absolute atomic E-state index is 5.10. The highest BCUT2D eigenvalue weighted by Crippen LogP contribution is 2.45. The molecule has 0 radical (unpaired) electrons. The van der Waals surface area contributed by atoms with Crippen molar-refractivity contribution in [2.45, 2.75) is 0 Å². The molecule has 5 heteroatoms. The van der Waals surface area contributed by atoms with Crippen molar-refractivity contribution in [3.05, 3.63) is 170 Å². The number of benzene rings is 5. The molecule has 0 saturated carbocycles. The van der Waals surface area contributed by atoms with Gasteiger partial charge in [-0.2, -0.15) is 0 Å². The lowest BCUT2D eigenvalue weighted by Gasteiger charge is -2.13. The average Bonchev–Trinajstić information content (AvgIpc) is 3.74. The Balaban J connectivity index is 1.31. The van der Waals surface area contributed by atoms with Crippen LogP contribution in [0.2, 0.25) is 0 Å². The molecule has 0 atom stereocenters. The molecule has 0 aliphatic rings. The molecule has 5 aromatic carbocycles. The van der Waals surface area contributed by atoms with Gasteiger partial charge in [-0.3, -0.25) is 9.97 Å². The summed E-state index contributed by atoms with van der Waals surface area (Å²) in [6.45, 7) is 0. The molecule has 0 unspecified atom stereocenters. The van der Waals surface area contributed by atoms with Crippen molar-refractivity contribution >= 4 is 53.3 Å². The van der Waals surface area contributed by atoms with E-state index >= 15 is 0 Å². The monoisotopic (exact) mass is 656 g/mol. The maximum Gasteiger partial charge on any atom is 0.0915 e. The number of hydrogen-bond acceptors (Lipinski definition) is 4. The summed E-state index contributed by atoms with van der Waals surface area (Å²) in [6, 6.07) is 55.8. The van der Waals surface area contributed by atoms with Crippen LogP contribution in [0.1, 0.15) is 0 Å². The molecule has 0 spiro atoms. The second-order valence-electron chi connectivity index (χ2n) is 12.5. The van der Waals surface area contributed by atoms with Gasteiger partial charge in [0, 0.05) is 38.6 Å². The molecule has 5 heterocycles. The predicted molar refractivity (Wildman–Crippen MR) is 209 cm³/mol. The van der Waals surface area contributed by atoms with E-state index in [-0.39, 0.29) is 0 Å². The Morgan fingerprint density at radius 1 is 0.420 bits per heavy atom. The highest BCUT2D eigenvalue weighted by Gasteiger charge is 2.20. The third-order valence-corrected chi connectivity index (χ3v) is 10.7. The molecule has 0 aliphatic carbocycles. The maximum atomic E-state index is 5.10. The van der Waals surface area contributed by atoms with Crippen LogP contribution in [-0.4, -0.2) is 19.5 Å². The minimum atomic E-state index is 0.802. The molecule has 0 bridgehead atoms. The summed E-state index contributed by atoms with van der Waals surface area (Å²) < 4.78 is 4.96. The van der Waals surface area contributed by atoms with Gasteiger partial charge in [-0.05, 0) is 82.9 Å². The first-order valence-corrected chi connectivity index (χ1v) is 17.5. The smallest absolute Gasteiger partial charge is 0.0915 e. The van der Waals surface area contributed by atoms with Gasteiger partial charge in [-0.15, -0.1) is 11.3 Å². The van der Waals surface area contributed by atoms with Crippen molar-refractivity contribution in [2.75, 3.05) is 0 Å². The number of aromatic nitrogens is 4. The van der Waals surface area contributed by atoms with E-state index in [4.69, 9.17) is 15.0 Å². The highest BCUT2D eigenvalue weighted by atomic mass is 32.1. The summed E-state index contributed by atoms with van der Waals surface area (Å²) in [7, 11) is 0. The Morgan fingerprint density at radius 3 is 1.62 bits per heavy atom. The van der Waals surface area contributed by atoms with Gasteiger partial charge in [0.1, 0.15) is 0 Å². The van der Waals surface area contributed by atoms with Crippen molar-refractivity contribution in [3.63, 3.8) is 0 Å². The predicted octanol–water partition coefficient (Wildman–Crippen LogP) is 12.0. The average molecular weight is 657 g/mol. The van der Waals surface area contributed by atoms with E-state index in [1.54, 1.807) is 0 Å². The lowest BCUT2D eigenvalue weighted by Crippen LogP contribution is -1.99. The quantitative estimate of drug-likeness (QED) is 0.185. The summed E-state index contributed by atoms with van der Waals surface area (Å²) in [5.41, 5.74) is 11.4. The van der Waals surface area contributed by atoms with Crippen LogP contribution < -0.4 is 0 Å². The van der Waals surface area contributed by atoms with Crippen molar-refractivity contribution in [3.8, 4) is 50.7 Å². The number of nitrogens with zero attached hydrogens (tertiary/aromatic N) is 4. The van der Waals surface area contributed by atoms with E-state index < -0.39 is 0 Å². The normalized spacial score (nSPS) is 11.6. The van der Waals surface area contributed by atoms with Crippen LogP contribution in [0.15, 0.2) is 170 Å². The summed E-state index contributed by atoms with van der Waals surface area (Å²) in [4.78, 5) is 14.5. The van der Waals surface area contributed by atoms with Crippen molar-refractivity contribution in [1.82, 2.24) is 19.5 Å². The van der Waals surface area contributed by atoms with Crippen LogP contribution in [0.3, 0.4) is 0 Å². The van der Waals surface area contributed by atoms with Gasteiger partial charge < -0.3 is 4.57 Å². The van der Waals surface area contributed by atoms with Crippen LogP contribution in [0.5, 0.6) is 0 Å². The van der Waals surface area contributed by atoms with Gasteiger partial charge in [0.15, 0.2) is 0 Å². The van der Waals surface area contributed by atoms with E-state index in [0.717, 1.165) is 34.0 Å². The topological polar surface area (TPSA) is 43.6 Å². The SMILES string of the molecule is c1ccc(-c2ccc3sc4c(ccc5c6cc(-c7ccccc7)ccc6n(-c6cc(-c7ccccn7)nc(-c7ccccn7)c6)c54)c3c2)cc1. The number of rotatable bonds is 5. The van der Waals surface area contributed by atoms with E-state index in [1.807, 2.05) is 60.1 Å². The zero-order chi connectivity index (χ0) is 33.0. The Labute approximate surface area is 292 Å². The molecule has 10 rings (SSSR count). The zero-order valence-electron chi connectivity index (χ0n) is 26.9. The fraction of sp³-hybridized carbons (Fsp3) is 0. The van der Waals surface area contributed by atoms with Gasteiger partial charge in [0.05, 0.1) is 44.2 Å². The highest BCUT2D eigenvalue weighted by molar-refractivity contribution is 7.26. The summed E-state index contributed by atoms with van der Waals surface area (Å²) in [6.07, 6.45) is 3.64. The fourth-order valence-electron chi connectivity index (χ4n) is 7.16. The standard InChI is InChI=1S/C45H28N4S/c1-3-11-29(12-4-1)31-17-21-42-36(25-31)34-19-20-35-37-26-32(30-13-5-2-6-14-30)18-22-43(37)50-45(35)44(34)49(42)33-27-40(38-15-7-9-23-46-38)48-41(28-33)39-16-8-10-24-47-39/h1-28H. The third-order valence-electron chi connectivity index (χ3n) is 9.50. The van der Waals surface area contributed by atoms with E-state index in [0.29, 0.717) is 0 Å². The molecular weight excluding hydrogens is 629 g/mol. The van der Waals surface area contributed by atoms with Gasteiger partial charge in [-0.1, -0.05) is 97.1 Å². The molecule has 5 aromatic heterocycles. The zero-order valence-corrected chi connectivity index (χ0v) is 27.7. The molecular formula is C45H28N4S. The molecule has 50 heavy (non-hydrogen) atoms. The van der Waals surface area contributed by atoms with Crippen molar-refractivity contribution in [2.24, 2.45) is 0 Å². The first kappa shape index (κ1) is 28.6. The number of pyridine rings is 3. The lowest BCUT2D eigenvalue weighted by atomic mass is 10.0. The molecule has 0 N–H and O–H groups in total. The van der Waals surface area contributed by atoms with Crippen molar-refractivity contribution in [1.29, 1.82) is 0 Å². The molecule has 0 saturated heterocycles. The Morgan fingerprint density at radius 2 is 1.00 bits per heavy atom. The number of thiophene rings is 1. The van der Waals surface area contributed by atoms with Gasteiger partial charge in [0.2, 0.25) is 0 Å². The second kappa shape index (κ2) is 11.6. The van der Waals surface area contributed by atoms with E-state index in [9.17, 15) is 0 Å². The summed E-state index contributed by atoms with van der Waals surface area (Å²) in [5, 5.41) is 4.96. The molecule has 0 amide bonds. The lowest BCUT2D eigenvalue weighted by molar-refractivity contribution is 1.15. The summed E-state index contributed by atoms with van der Waals surface area (Å²) >= 11 is 1.86. The Bertz CT molecular complexity index is 2780. The molecule has 234 valence electrons. The molecule has 10 aromatic rings. The van der Waals surface area contributed by atoms with Crippen LogP contribution in [0.25, 0.3) is 92.7 Å². The van der Waals surface area contributed by atoms with Crippen LogP contribution in [0, 0.1) is 0 Å². The molecule has 4 nitrogen and oxygen atoms in total. The molecule has 0 aliphatic heterocycles. The number of fused-ring (bicyclic) bond motifs is 7. The van der Waals surface area contributed by atoms with E-state index in [1.165, 1.54) is 58.7 Å². The largest absolute Gasteiger partial charge is 0.308 e. The first-order valence-electron chi connectivity index (χ1n) is 16.7. The fourth-order valence-corrected chi connectivity index (χ4v) is 8.38. The summed E-state index contributed by atoms with van der Waals surface area (Å²) in [5.74, 6) is 0.